The van der Waals surface area contributed by atoms with Gasteiger partial charge in [-0.25, -0.2) is 0 Å². The molecule has 4 saturated heterocycles. The van der Waals surface area contributed by atoms with Crippen molar-refractivity contribution < 1.29 is 44.1 Å². The summed E-state index contributed by atoms with van der Waals surface area (Å²) in [5.74, 6) is 0.460. The van der Waals surface area contributed by atoms with Crippen LogP contribution in [-0.2, 0) is 23.7 Å². The summed E-state index contributed by atoms with van der Waals surface area (Å²) in [5, 5.41) is 41.4. The summed E-state index contributed by atoms with van der Waals surface area (Å²) in [4.78, 5) is 0. The van der Waals surface area contributed by atoms with Gasteiger partial charge in [0.2, 0.25) is 5.79 Å². The number of ether oxygens (including phenoxy) is 5. The molecular weight excluding hydrogens is 564 g/mol. The Kier molecular flexibility index (Phi) is 5.70. The van der Waals surface area contributed by atoms with Gasteiger partial charge in [-0.15, -0.1) is 0 Å². The number of hydrogen-bond acceptors (Lipinski definition) is 9. The minimum Gasteiger partial charge on any atom is -0.388 e. The second-order valence-corrected chi connectivity index (χ2v) is 17.8. The van der Waals surface area contributed by atoms with Crippen molar-refractivity contribution in [2.45, 2.75) is 154 Å². The Hall–Kier alpha value is -0.620. The second kappa shape index (κ2) is 8.50. The second-order valence-electron chi connectivity index (χ2n) is 17.8. The highest BCUT2D eigenvalue weighted by molar-refractivity contribution is 5.46. The van der Waals surface area contributed by atoms with E-state index >= 15 is 0 Å². The summed E-state index contributed by atoms with van der Waals surface area (Å²) in [7, 11) is 0. The molecule has 44 heavy (non-hydrogen) atoms. The molecule has 0 aromatic rings. The molecule has 246 valence electrons. The van der Waals surface area contributed by atoms with E-state index in [0.29, 0.717) is 17.8 Å². The highest BCUT2D eigenvalue weighted by atomic mass is 16.8. The predicted molar refractivity (Wildman–Crippen MR) is 157 cm³/mol. The first-order chi connectivity index (χ1) is 20.6. The Bertz CT molecular complexity index is 1300. The molecule has 0 aromatic carbocycles. The molecule has 4 saturated carbocycles. The number of rotatable bonds is 2. The van der Waals surface area contributed by atoms with Crippen molar-refractivity contribution in [3.63, 3.8) is 0 Å². The van der Waals surface area contributed by atoms with Crippen molar-refractivity contribution in [1.82, 2.24) is 0 Å². The zero-order valence-electron chi connectivity index (χ0n) is 27.1. The molecular formula is C35H52O9. The van der Waals surface area contributed by atoms with E-state index in [9.17, 15) is 20.4 Å². The normalized spacial score (nSPS) is 64.6. The van der Waals surface area contributed by atoms with Gasteiger partial charge in [0.1, 0.15) is 30.0 Å². The first kappa shape index (κ1) is 29.5. The molecule has 9 nitrogen and oxygen atoms in total. The molecule has 9 aliphatic rings. The van der Waals surface area contributed by atoms with Crippen LogP contribution in [0.15, 0.2) is 11.6 Å². The van der Waals surface area contributed by atoms with Gasteiger partial charge in [0, 0.05) is 6.42 Å². The van der Waals surface area contributed by atoms with Crippen LogP contribution in [0.3, 0.4) is 0 Å². The number of fused-ring (bicyclic) bond motifs is 6. The fourth-order valence-electron chi connectivity index (χ4n) is 13.4. The average Bonchev–Trinajstić information content (AvgIpc) is 3.80. The quantitative estimate of drug-likeness (QED) is 0.272. The van der Waals surface area contributed by atoms with Crippen LogP contribution >= 0.6 is 0 Å². The van der Waals surface area contributed by atoms with Gasteiger partial charge in [0.05, 0.1) is 18.8 Å². The molecule has 0 bridgehead atoms. The molecule has 9 heteroatoms. The molecule has 3 spiro atoms. The molecule has 0 amide bonds. The third-order valence-electron chi connectivity index (χ3n) is 15.8. The molecule has 1 unspecified atom stereocenters. The molecule has 5 aliphatic carbocycles. The zero-order chi connectivity index (χ0) is 31.0. The fraction of sp³-hybridized carbons (Fsp3) is 0.943. The molecule has 17 atom stereocenters. The van der Waals surface area contributed by atoms with Gasteiger partial charge in [-0.1, -0.05) is 46.3 Å². The van der Waals surface area contributed by atoms with E-state index in [1.807, 2.05) is 6.92 Å². The monoisotopic (exact) mass is 616 g/mol. The maximum Gasteiger partial charge on any atom is 0.201 e. The molecule has 4 N–H and O–H groups in total. The van der Waals surface area contributed by atoms with Gasteiger partial charge in [0.25, 0.3) is 0 Å². The van der Waals surface area contributed by atoms with Crippen molar-refractivity contribution in [3.8, 4) is 0 Å². The third-order valence-corrected chi connectivity index (χ3v) is 15.8. The number of aliphatic hydroxyl groups is 4. The van der Waals surface area contributed by atoms with Gasteiger partial charge in [-0.3, -0.25) is 0 Å². The Morgan fingerprint density at radius 2 is 1.68 bits per heavy atom. The molecule has 4 aliphatic heterocycles. The molecule has 0 radical (unpaired) electrons. The predicted octanol–water partition coefficient (Wildman–Crippen LogP) is 3.41. The van der Waals surface area contributed by atoms with Gasteiger partial charge in [-0.2, -0.15) is 0 Å². The Morgan fingerprint density at radius 1 is 0.909 bits per heavy atom. The average molecular weight is 617 g/mol. The lowest BCUT2D eigenvalue weighted by Gasteiger charge is -2.60. The van der Waals surface area contributed by atoms with E-state index in [4.69, 9.17) is 23.7 Å². The van der Waals surface area contributed by atoms with Crippen molar-refractivity contribution in [3.05, 3.63) is 11.6 Å². The summed E-state index contributed by atoms with van der Waals surface area (Å²) in [6, 6.07) is 0. The SMILES string of the molecule is C[C@@H]1C[C@]2(OC(O)[C@@]3(C)O[C@H]23)O[C@@H]2C[C@@]3(C)C4=CC[C@@H]5C(C)(C)[C@@H](O[C@H]6OC[C@@H](O)[C@@H](O)[C@H]6O)CC[C@@]56C[C@]46CC[C@]3(C)[C@@H]12. The van der Waals surface area contributed by atoms with Crippen LogP contribution in [0.1, 0.15) is 92.9 Å². The van der Waals surface area contributed by atoms with Crippen LogP contribution in [-0.4, -0.2) is 87.6 Å². The molecule has 4 heterocycles. The van der Waals surface area contributed by atoms with Gasteiger partial charge >= 0.3 is 0 Å². The van der Waals surface area contributed by atoms with E-state index in [1.165, 1.54) is 19.3 Å². The van der Waals surface area contributed by atoms with Gasteiger partial charge < -0.3 is 44.1 Å². The van der Waals surface area contributed by atoms with Crippen molar-refractivity contribution in [2.24, 2.45) is 44.8 Å². The fourth-order valence-corrected chi connectivity index (χ4v) is 13.4. The minimum absolute atomic E-state index is 0.0360. The molecule has 0 aromatic heterocycles. The van der Waals surface area contributed by atoms with E-state index in [0.717, 1.165) is 32.1 Å². The first-order valence-corrected chi connectivity index (χ1v) is 17.3. The van der Waals surface area contributed by atoms with E-state index in [2.05, 4.69) is 40.7 Å². The van der Waals surface area contributed by atoms with Gasteiger partial charge in [-0.05, 0) is 96.7 Å². The number of epoxide rings is 1. The van der Waals surface area contributed by atoms with Crippen LogP contribution in [0.2, 0.25) is 0 Å². The highest BCUT2D eigenvalue weighted by Crippen LogP contribution is 2.88. The molecule has 8 fully saturated rings. The highest BCUT2D eigenvalue weighted by Gasteiger charge is 2.83. The lowest BCUT2D eigenvalue weighted by atomic mass is 9.45. The van der Waals surface area contributed by atoms with Gasteiger partial charge in [0.15, 0.2) is 12.6 Å². The summed E-state index contributed by atoms with van der Waals surface area (Å²) in [5.41, 5.74) is 1.56. The topological polar surface area (TPSA) is 130 Å². The minimum atomic E-state index is -1.26. The van der Waals surface area contributed by atoms with Crippen molar-refractivity contribution in [2.75, 3.05) is 6.61 Å². The van der Waals surface area contributed by atoms with E-state index in [1.54, 1.807) is 5.57 Å². The Balaban J connectivity index is 1.00. The Labute approximate surface area is 260 Å². The first-order valence-electron chi connectivity index (χ1n) is 17.3. The smallest absolute Gasteiger partial charge is 0.201 e. The maximum absolute atomic E-state index is 10.7. The Morgan fingerprint density at radius 3 is 2.39 bits per heavy atom. The largest absolute Gasteiger partial charge is 0.388 e. The number of allylic oxidation sites excluding steroid dienone is 2. The zero-order valence-corrected chi connectivity index (χ0v) is 27.1. The summed E-state index contributed by atoms with van der Waals surface area (Å²) < 4.78 is 31.3. The standard InChI is InChI=1S/C35H52O9/c1-17-13-35(27-32(6,43-27)28(39)44-35)42-19-14-31(5)21-8-7-20-29(2,3)22(41-26-25(38)24(37)18(36)15-40-26)9-10-33(20)16-34(21,33)12-11-30(31,4)23(17)19/h8,17-20,22-28,36-39H,7,9-16H2,1-6H3/t17-,18-,19-,20-,22+,23+,24-,25-,26-,27+,28?,30-,31+,32+,33-,34-,35-/m1/s1. The maximum atomic E-state index is 10.7. The number of aliphatic hydroxyl groups excluding tert-OH is 4. The summed E-state index contributed by atoms with van der Waals surface area (Å²) in [6.45, 7) is 14.0. The van der Waals surface area contributed by atoms with Crippen LogP contribution in [0.25, 0.3) is 0 Å². The van der Waals surface area contributed by atoms with E-state index in [-0.39, 0.29) is 52.0 Å². The lowest BCUT2D eigenvalue weighted by Crippen LogP contribution is -2.58. The van der Waals surface area contributed by atoms with Crippen LogP contribution in [0.4, 0.5) is 0 Å². The van der Waals surface area contributed by atoms with E-state index < -0.39 is 42.3 Å². The number of hydrogen-bond donors (Lipinski definition) is 4. The van der Waals surface area contributed by atoms with Crippen LogP contribution in [0, 0.1) is 44.8 Å². The lowest BCUT2D eigenvalue weighted by molar-refractivity contribution is -0.344. The van der Waals surface area contributed by atoms with Crippen molar-refractivity contribution >= 4 is 0 Å². The summed E-state index contributed by atoms with van der Waals surface area (Å²) in [6.07, 6.45) is 5.31. The van der Waals surface area contributed by atoms with Crippen LogP contribution < -0.4 is 0 Å². The molecule has 9 rings (SSSR count). The summed E-state index contributed by atoms with van der Waals surface area (Å²) >= 11 is 0. The third kappa shape index (κ3) is 3.19. The van der Waals surface area contributed by atoms with Crippen molar-refractivity contribution in [1.29, 1.82) is 0 Å². The van der Waals surface area contributed by atoms with Crippen LogP contribution in [0.5, 0.6) is 0 Å².